The molecule has 2 aromatic heterocycles. The molecule has 1 saturated carbocycles. The number of amides is 1. The van der Waals surface area contributed by atoms with E-state index in [4.69, 9.17) is 9.47 Å². The zero-order valence-electron chi connectivity index (χ0n) is 18.3. The number of halogens is 1. The maximum atomic E-state index is 13.7. The quantitative estimate of drug-likeness (QED) is 0.507. The van der Waals surface area contributed by atoms with Crippen LogP contribution in [0.25, 0.3) is 0 Å². The van der Waals surface area contributed by atoms with Crippen LogP contribution in [0.15, 0.2) is 36.5 Å². The Kier molecular flexibility index (Phi) is 7.40. The number of nitrogens with zero attached hydrogens (tertiary/aromatic N) is 4. The first-order valence-electron chi connectivity index (χ1n) is 10.6. The van der Waals surface area contributed by atoms with Crippen LogP contribution >= 0.6 is 11.3 Å². The standard InChI is InChI=1S/C22H25FN6O3S/c1-31-18-12-14(7-10-16(18)23)19(32-2)20(30)26-22-29-28-21(33-22)25-15-8-5-13(6-9-15)17-4-3-11-24-27-17/h3-4,7,10-13,15,19H,5-6,8-9H2,1-2H3,(H,25,28)(H,26,29,30)/t13?,15?,19-/m0/s1. The fraction of sp³-hybridized carbons (Fsp3) is 0.409. The molecule has 1 aliphatic rings. The maximum Gasteiger partial charge on any atom is 0.259 e. The van der Waals surface area contributed by atoms with Crippen molar-refractivity contribution in [1.82, 2.24) is 20.4 Å². The molecule has 0 bridgehead atoms. The molecule has 4 rings (SSSR count). The summed E-state index contributed by atoms with van der Waals surface area (Å²) in [5.41, 5.74) is 1.51. The molecule has 0 aliphatic heterocycles. The summed E-state index contributed by atoms with van der Waals surface area (Å²) < 4.78 is 24.0. The summed E-state index contributed by atoms with van der Waals surface area (Å²) in [7, 11) is 2.77. The largest absolute Gasteiger partial charge is 0.494 e. The van der Waals surface area contributed by atoms with Gasteiger partial charge in [-0.1, -0.05) is 17.4 Å². The van der Waals surface area contributed by atoms with Crippen molar-refractivity contribution in [3.8, 4) is 5.75 Å². The van der Waals surface area contributed by atoms with Gasteiger partial charge in [-0.25, -0.2) is 4.39 Å². The highest BCUT2D eigenvalue weighted by Gasteiger charge is 2.25. The van der Waals surface area contributed by atoms with Gasteiger partial charge < -0.3 is 14.8 Å². The lowest BCUT2D eigenvalue weighted by atomic mass is 9.84. The molecule has 1 amide bonds. The Labute approximate surface area is 194 Å². The maximum absolute atomic E-state index is 13.7. The van der Waals surface area contributed by atoms with Gasteiger partial charge in [0.2, 0.25) is 10.3 Å². The molecule has 1 fully saturated rings. The van der Waals surface area contributed by atoms with Crippen LogP contribution in [0, 0.1) is 5.82 Å². The van der Waals surface area contributed by atoms with Crippen molar-refractivity contribution in [2.24, 2.45) is 0 Å². The Morgan fingerprint density at radius 1 is 1.12 bits per heavy atom. The van der Waals surface area contributed by atoms with Crippen molar-refractivity contribution in [2.45, 2.75) is 43.7 Å². The van der Waals surface area contributed by atoms with Crippen LogP contribution in [-0.4, -0.2) is 46.6 Å². The number of anilines is 2. The van der Waals surface area contributed by atoms with Gasteiger partial charge in [-0.05, 0) is 55.5 Å². The van der Waals surface area contributed by atoms with Gasteiger partial charge in [0.25, 0.3) is 5.91 Å². The van der Waals surface area contributed by atoms with Gasteiger partial charge in [0.05, 0.1) is 12.8 Å². The highest BCUT2D eigenvalue weighted by Crippen LogP contribution is 2.34. The number of rotatable bonds is 8. The lowest BCUT2D eigenvalue weighted by Crippen LogP contribution is -2.25. The Hall–Kier alpha value is -3.18. The van der Waals surface area contributed by atoms with E-state index in [1.54, 1.807) is 6.20 Å². The number of hydrogen-bond acceptors (Lipinski definition) is 9. The van der Waals surface area contributed by atoms with Crippen molar-refractivity contribution >= 4 is 27.5 Å². The summed E-state index contributed by atoms with van der Waals surface area (Å²) in [6.07, 6.45) is 4.76. The number of hydrogen-bond donors (Lipinski definition) is 2. The van der Waals surface area contributed by atoms with E-state index in [1.165, 1.54) is 43.8 Å². The molecule has 1 aliphatic carbocycles. The van der Waals surface area contributed by atoms with Crippen LogP contribution in [0.1, 0.15) is 49.0 Å². The topological polar surface area (TPSA) is 111 Å². The molecule has 0 unspecified atom stereocenters. The van der Waals surface area contributed by atoms with Crippen LogP contribution in [0.2, 0.25) is 0 Å². The molecule has 9 nitrogen and oxygen atoms in total. The van der Waals surface area contributed by atoms with Gasteiger partial charge in [-0.2, -0.15) is 10.2 Å². The fourth-order valence-corrected chi connectivity index (χ4v) is 4.70. The highest BCUT2D eigenvalue weighted by molar-refractivity contribution is 7.19. The Bertz CT molecular complexity index is 1080. The highest BCUT2D eigenvalue weighted by atomic mass is 32.1. The van der Waals surface area contributed by atoms with Gasteiger partial charge >= 0.3 is 0 Å². The summed E-state index contributed by atoms with van der Waals surface area (Å²) in [6.45, 7) is 0. The van der Waals surface area contributed by atoms with Gasteiger partial charge in [-0.15, -0.1) is 10.2 Å². The number of methoxy groups -OCH3 is 2. The van der Waals surface area contributed by atoms with Gasteiger partial charge in [0.1, 0.15) is 0 Å². The van der Waals surface area contributed by atoms with Crippen LogP contribution in [0.4, 0.5) is 14.7 Å². The third kappa shape index (κ3) is 5.60. The summed E-state index contributed by atoms with van der Waals surface area (Å²) in [5, 5.41) is 23.5. The van der Waals surface area contributed by atoms with E-state index in [0.29, 0.717) is 21.7 Å². The summed E-state index contributed by atoms with van der Waals surface area (Å²) >= 11 is 1.26. The third-order valence-electron chi connectivity index (χ3n) is 5.67. The van der Waals surface area contributed by atoms with Gasteiger partial charge in [-0.3, -0.25) is 10.1 Å². The average molecular weight is 473 g/mol. The molecule has 174 valence electrons. The monoisotopic (exact) mass is 472 g/mol. The predicted octanol–water partition coefficient (Wildman–Crippen LogP) is 3.94. The first kappa shape index (κ1) is 23.0. The number of carbonyl (C=O) groups excluding carboxylic acids is 1. The molecule has 2 N–H and O–H groups in total. The molecule has 1 atom stereocenters. The van der Waals surface area contributed by atoms with Gasteiger partial charge in [0, 0.05) is 25.3 Å². The van der Waals surface area contributed by atoms with Crippen molar-refractivity contribution in [3.63, 3.8) is 0 Å². The first-order valence-corrected chi connectivity index (χ1v) is 11.4. The molecular weight excluding hydrogens is 447 g/mol. The normalized spacial score (nSPS) is 19.0. The molecule has 33 heavy (non-hydrogen) atoms. The Morgan fingerprint density at radius 2 is 1.91 bits per heavy atom. The second-order valence-electron chi connectivity index (χ2n) is 7.75. The van der Waals surface area contributed by atoms with Crippen LogP contribution < -0.4 is 15.4 Å². The first-order chi connectivity index (χ1) is 16.1. The average Bonchev–Trinajstić information content (AvgIpc) is 3.28. The van der Waals surface area contributed by atoms with E-state index in [0.717, 1.165) is 31.4 Å². The van der Waals surface area contributed by atoms with Gasteiger partial charge in [0.15, 0.2) is 17.7 Å². The number of ether oxygens (including phenoxy) is 2. The van der Waals surface area contributed by atoms with Crippen LogP contribution in [0.5, 0.6) is 5.75 Å². The van der Waals surface area contributed by atoms with Crippen molar-refractivity contribution in [2.75, 3.05) is 24.9 Å². The summed E-state index contributed by atoms with van der Waals surface area (Å²) in [6, 6.07) is 8.39. The second kappa shape index (κ2) is 10.6. The third-order valence-corrected chi connectivity index (χ3v) is 6.44. The van der Waals surface area contributed by atoms with Crippen LogP contribution in [0.3, 0.4) is 0 Å². The zero-order chi connectivity index (χ0) is 23.2. The van der Waals surface area contributed by atoms with E-state index in [9.17, 15) is 9.18 Å². The zero-order valence-corrected chi connectivity index (χ0v) is 19.1. The SMILES string of the molecule is COc1cc([C@H](OC)C(=O)Nc2nnc(NC3CCC(c4cccnn4)CC3)s2)ccc1F. The smallest absolute Gasteiger partial charge is 0.259 e. The predicted molar refractivity (Wildman–Crippen MR) is 122 cm³/mol. The van der Waals surface area contributed by atoms with E-state index >= 15 is 0 Å². The number of aromatic nitrogens is 4. The molecule has 3 aromatic rings. The Morgan fingerprint density at radius 3 is 2.61 bits per heavy atom. The van der Waals surface area contributed by atoms with E-state index in [-0.39, 0.29) is 11.8 Å². The van der Waals surface area contributed by atoms with Crippen LogP contribution in [-0.2, 0) is 9.53 Å². The van der Waals surface area contributed by atoms with Crippen molar-refractivity contribution < 1.29 is 18.7 Å². The second-order valence-corrected chi connectivity index (χ2v) is 8.73. The Balaban J connectivity index is 1.32. The molecule has 0 radical (unpaired) electrons. The summed E-state index contributed by atoms with van der Waals surface area (Å²) in [5.74, 6) is -0.476. The minimum atomic E-state index is -0.948. The minimum absolute atomic E-state index is 0.0405. The number of carbonyl (C=O) groups is 1. The molecule has 0 spiro atoms. The summed E-state index contributed by atoms with van der Waals surface area (Å²) in [4.78, 5) is 12.7. The van der Waals surface area contributed by atoms with E-state index in [2.05, 4.69) is 31.0 Å². The molecular formula is C22H25FN6O3S. The lowest BCUT2D eigenvalue weighted by molar-refractivity contribution is -0.126. The lowest BCUT2D eigenvalue weighted by Gasteiger charge is -2.28. The van der Waals surface area contributed by atoms with E-state index < -0.39 is 17.8 Å². The number of benzene rings is 1. The molecule has 2 heterocycles. The fourth-order valence-electron chi connectivity index (χ4n) is 3.98. The van der Waals surface area contributed by atoms with Crippen molar-refractivity contribution in [1.29, 1.82) is 0 Å². The molecule has 0 saturated heterocycles. The number of nitrogens with one attached hydrogen (secondary N) is 2. The van der Waals surface area contributed by atoms with E-state index in [1.807, 2.05) is 12.1 Å². The molecule has 1 aromatic carbocycles. The van der Waals surface area contributed by atoms with Crippen molar-refractivity contribution in [3.05, 3.63) is 53.6 Å². The minimum Gasteiger partial charge on any atom is -0.494 e. The molecule has 11 heteroatoms.